The lowest BCUT2D eigenvalue weighted by molar-refractivity contribution is -0.121. The van der Waals surface area contributed by atoms with Crippen LogP contribution in [0.25, 0.3) is 11.0 Å². The van der Waals surface area contributed by atoms with E-state index >= 15 is 0 Å². The summed E-state index contributed by atoms with van der Waals surface area (Å²) in [6.07, 6.45) is 0.153. The number of hydrogen-bond acceptors (Lipinski definition) is 4. The summed E-state index contributed by atoms with van der Waals surface area (Å²) in [7, 11) is 0. The second-order valence-electron chi connectivity index (χ2n) is 4.90. The summed E-state index contributed by atoms with van der Waals surface area (Å²) in [6.45, 7) is 3.84. The predicted octanol–water partition coefficient (Wildman–Crippen LogP) is 1.50. The van der Waals surface area contributed by atoms with Gasteiger partial charge >= 0.3 is 0 Å². The molecule has 0 saturated heterocycles. The van der Waals surface area contributed by atoms with Crippen molar-refractivity contribution in [2.45, 2.75) is 26.3 Å². The van der Waals surface area contributed by atoms with E-state index in [1.54, 1.807) is 0 Å². The minimum atomic E-state index is -0.231. The standard InChI is InChI=1S/C14H18N2O3/c1-9(2)12(8-17)15-14(18)7-11-10-5-3-4-6-13(10)19-16-11/h3-6,9,12,17H,7-8H2,1-2H3,(H,15,18). The molecular formula is C14H18N2O3. The molecule has 0 bridgehead atoms. The van der Waals surface area contributed by atoms with Crippen molar-refractivity contribution >= 4 is 16.9 Å². The molecule has 2 aromatic rings. The van der Waals surface area contributed by atoms with E-state index < -0.39 is 0 Å². The van der Waals surface area contributed by atoms with Crippen LogP contribution >= 0.6 is 0 Å². The summed E-state index contributed by atoms with van der Waals surface area (Å²) in [4.78, 5) is 11.9. The van der Waals surface area contributed by atoms with E-state index in [9.17, 15) is 9.90 Å². The summed E-state index contributed by atoms with van der Waals surface area (Å²) in [5, 5.41) is 16.8. The first-order valence-corrected chi connectivity index (χ1v) is 6.35. The minimum Gasteiger partial charge on any atom is -0.394 e. The number of amides is 1. The van der Waals surface area contributed by atoms with Gasteiger partial charge in [0, 0.05) is 5.39 Å². The van der Waals surface area contributed by atoms with Crippen molar-refractivity contribution in [3.05, 3.63) is 30.0 Å². The molecule has 0 spiro atoms. The normalized spacial score (nSPS) is 12.8. The third kappa shape index (κ3) is 3.12. The molecule has 0 radical (unpaired) electrons. The Balaban J connectivity index is 2.06. The van der Waals surface area contributed by atoms with Gasteiger partial charge in [-0.05, 0) is 18.1 Å². The first-order valence-electron chi connectivity index (χ1n) is 6.35. The van der Waals surface area contributed by atoms with Crippen LogP contribution in [0.4, 0.5) is 0 Å². The number of aliphatic hydroxyl groups is 1. The second-order valence-corrected chi connectivity index (χ2v) is 4.90. The molecule has 2 rings (SSSR count). The molecule has 1 atom stereocenters. The van der Waals surface area contributed by atoms with E-state index in [0.717, 1.165) is 5.39 Å². The lowest BCUT2D eigenvalue weighted by Gasteiger charge is -2.19. The highest BCUT2D eigenvalue weighted by Crippen LogP contribution is 2.18. The molecule has 1 aromatic heterocycles. The van der Waals surface area contributed by atoms with Crippen LogP contribution in [0.5, 0.6) is 0 Å². The number of fused-ring (bicyclic) bond motifs is 1. The number of para-hydroxylation sites is 1. The molecular weight excluding hydrogens is 244 g/mol. The van der Waals surface area contributed by atoms with Gasteiger partial charge in [0.05, 0.1) is 19.1 Å². The zero-order valence-corrected chi connectivity index (χ0v) is 11.1. The number of nitrogens with one attached hydrogen (secondary N) is 1. The largest absolute Gasteiger partial charge is 0.394 e. The van der Waals surface area contributed by atoms with Crippen molar-refractivity contribution in [2.75, 3.05) is 6.61 Å². The van der Waals surface area contributed by atoms with Gasteiger partial charge in [-0.25, -0.2) is 0 Å². The Morgan fingerprint density at radius 1 is 1.42 bits per heavy atom. The zero-order chi connectivity index (χ0) is 13.8. The van der Waals surface area contributed by atoms with Gasteiger partial charge in [-0.15, -0.1) is 0 Å². The number of aliphatic hydroxyl groups excluding tert-OH is 1. The minimum absolute atomic E-state index is 0.0665. The maximum absolute atomic E-state index is 11.9. The van der Waals surface area contributed by atoms with E-state index in [2.05, 4.69) is 10.5 Å². The van der Waals surface area contributed by atoms with Crippen LogP contribution in [0.15, 0.2) is 28.8 Å². The molecule has 0 aliphatic carbocycles. The Bertz CT molecular complexity index is 563. The van der Waals surface area contributed by atoms with Crippen molar-refractivity contribution in [3.63, 3.8) is 0 Å². The first-order chi connectivity index (χ1) is 9.11. The fraction of sp³-hybridized carbons (Fsp3) is 0.429. The van der Waals surface area contributed by atoms with Gasteiger partial charge in [-0.1, -0.05) is 31.1 Å². The van der Waals surface area contributed by atoms with E-state index in [1.807, 2.05) is 38.1 Å². The lowest BCUT2D eigenvalue weighted by Crippen LogP contribution is -2.41. The Kier molecular flexibility index (Phi) is 4.16. The molecule has 2 N–H and O–H groups in total. The number of carbonyl (C=O) groups is 1. The fourth-order valence-electron chi connectivity index (χ4n) is 1.90. The van der Waals surface area contributed by atoms with Gasteiger partial charge in [0.15, 0.2) is 5.58 Å². The highest BCUT2D eigenvalue weighted by Gasteiger charge is 2.17. The Labute approximate surface area is 111 Å². The van der Waals surface area contributed by atoms with Crippen molar-refractivity contribution in [2.24, 2.45) is 5.92 Å². The van der Waals surface area contributed by atoms with E-state index in [4.69, 9.17) is 4.52 Å². The molecule has 0 fully saturated rings. The lowest BCUT2D eigenvalue weighted by atomic mass is 10.1. The Morgan fingerprint density at radius 2 is 2.16 bits per heavy atom. The van der Waals surface area contributed by atoms with Gasteiger partial charge in [0.2, 0.25) is 5.91 Å². The zero-order valence-electron chi connectivity index (χ0n) is 11.1. The smallest absolute Gasteiger partial charge is 0.226 e. The summed E-state index contributed by atoms with van der Waals surface area (Å²) in [5.41, 5.74) is 1.29. The number of benzene rings is 1. The third-order valence-electron chi connectivity index (χ3n) is 3.13. The van der Waals surface area contributed by atoms with E-state index in [1.165, 1.54) is 0 Å². The topological polar surface area (TPSA) is 75.4 Å². The third-order valence-corrected chi connectivity index (χ3v) is 3.13. The predicted molar refractivity (Wildman–Crippen MR) is 71.6 cm³/mol. The summed E-state index contributed by atoms with van der Waals surface area (Å²) >= 11 is 0. The highest BCUT2D eigenvalue weighted by atomic mass is 16.5. The molecule has 5 nitrogen and oxygen atoms in total. The quantitative estimate of drug-likeness (QED) is 0.856. The number of rotatable bonds is 5. The number of aromatic nitrogens is 1. The second kappa shape index (κ2) is 5.84. The van der Waals surface area contributed by atoms with Gasteiger partial charge in [-0.3, -0.25) is 4.79 Å². The van der Waals surface area contributed by atoms with Gasteiger partial charge in [0.25, 0.3) is 0 Å². The Hall–Kier alpha value is -1.88. The van der Waals surface area contributed by atoms with Gasteiger partial charge in [-0.2, -0.15) is 0 Å². The number of nitrogens with zero attached hydrogens (tertiary/aromatic N) is 1. The van der Waals surface area contributed by atoms with Crippen LogP contribution in [0.3, 0.4) is 0 Å². The van der Waals surface area contributed by atoms with Crippen LogP contribution in [0.1, 0.15) is 19.5 Å². The molecule has 1 heterocycles. The van der Waals surface area contributed by atoms with Crippen molar-refractivity contribution < 1.29 is 14.4 Å². The van der Waals surface area contributed by atoms with Crippen molar-refractivity contribution in [3.8, 4) is 0 Å². The van der Waals surface area contributed by atoms with Crippen LogP contribution in [0, 0.1) is 5.92 Å². The van der Waals surface area contributed by atoms with Crippen LogP contribution < -0.4 is 5.32 Å². The van der Waals surface area contributed by atoms with E-state index in [-0.39, 0.29) is 30.9 Å². The summed E-state index contributed by atoms with van der Waals surface area (Å²) in [6, 6.07) is 7.20. The van der Waals surface area contributed by atoms with Crippen molar-refractivity contribution in [1.82, 2.24) is 10.5 Å². The van der Waals surface area contributed by atoms with Gasteiger partial charge in [0.1, 0.15) is 5.69 Å². The van der Waals surface area contributed by atoms with Crippen LogP contribution in [-0.4, -0.2) is 28.8 Å². The first kappa shape index (κ1) is 13.5. The summed E-state index contributed by atoms with van der Waals surface area (Å²) in [5.74, 6) is 0.0230. The SMILES string of the molecule is CC(C)C(CO)NC(=O)Cc1noc2ccccc12. The van der Waals surface area contributed by atoms with E-state index in [0.29, 0.717) is 11.3 Å². The fourth-order valence-corrected chi connectivity index (χ4v) is 1.90. The molecule has 102 valence electrons. The van der Waals surface area contributed by atoms with Crippen molar-refractivity contribution in [1.29, 1.82) is 0 Å². The molecule has 5 heteroatoms. The number of hydrogen-bond donors (Lipinski definition) is 2. The van der Waals surface area contributed by atoms with Crippen LogP contribution in [-0.2, 0) is 11.2 Å². The maximum Gasteiger partial charge on any atom is 0.226 e. The van der Waals surface area contributed by atoms with Gasteiger partial charge < -0.3 is 14.9 Å². The molecule has 1 aromatic carbocycles. The monoisotopic (exact) mass is 262 g/mol. The molecule has 0 aliphatic rings. The molecule has 0 aliphatic heterocycles. The maximum atomic E-state index is 11.9. The summed E-state index contributed by atoms with van der Waals surface area (Å²) < 4.78 is 5.15. The number of carbonyl (C=O) groups excluding carboxylic acids is 1. The Morgan fingerprint density at radius 3 is 2.84 bits per heavy atom. The average Bonchev–Trinajstić information content (AvgIpc) is 2.79. The molecule has 1 amide bonds. The molecule has 0 saturated carbocycles. The molecule has 1 unspecified atom stereocenters. The van der Waals surface area contributed by atoms with Crippen LogP contribution in [0.2, 0.25) is 0 Å². The molecule has 19 heavy (non-hydrogen) atoms. The highest BCUT2D eigenvalue weighted by molar-refractivity contribution is 5.86. The average molecular weight is 262 g/mol.